The number of likely N-dealkylation sites (tertiary alicyclic amines) is 1. The molecule has 0 N–H and O–H groups in total. The van der Waals surface area contributed by atoms with Gasteiger partial charge in [0.1, 0.15) is 0 Å². The van der Waals surface area contributed by atoms with Gasteiger partial charge in [0, 0.05) is 88.1 Å². The van der Waals surface area contributed by atoms with Crippen LogP contribution in [0.3, 0.4) is 0 Å². The van der Waals surface area contributed by atoms with Crippen LogP contribution in [0.25, 0.3) is 17.0 Å². The molecular weight excluding hydrogens is 512 g/mol. The van der Waals surface area contributed by atoms with Gasteiger partial charge >= 0.3 is 0 Å². The van der Waals surface area contributed by atoms with Crippen molar-refractivity contribution in [1.82, 2.24) is 24.4 Å². The zero-order valence-electron chi connectivity index (χ0n) is 25.7. The van der Waals surface area contributed by atoms with E-state index in [9.17, 15) is 4.79 Å². The van der Waals surface area contributed by atoms with Crippen LogP contribution in [-0.2, 0) is 15.1 Å². The average Bonchev–Trinajstić information content (AvgIpc) is 3.40. The number of aromatic nitrogens is 2. The number of ether oxygens (including phenoxy) is 1. The van der Waals surface area contributed by atoms with Gasteiger partial charge in [-0.1, -0.05) is 19.1 Å². The maximum absolute atomic E-state index is 12.9. The lowest BCUT2D eigenvalue weighted by Crippen LogP contribution is -2.51. The summed E-state index contributed by atoms with van der Waals surface area (Å²) in [5.41, 5.74) is 4.89. The lowest BCUT2D eigenvalue weighted by atomic mass is 9.75. The van der Waals surface area contributed by atoms with Gasteiger partial charge in [-0.15, -0.1) is 0 Å². The van der Waals surface area contributed by atoms with Gasteiger partial charge < -0.3 is 19.4 Å². The molecular formula is C33H48N6O2. The summed E-state index contributed by atoms with van der Waals surface area (Å²) in [6.07, 6.45) is 10.2. The Kier molecular flexibility index (Phi) is 9.00. The first-order valence-corrected chi connectivity index (χ1v) is 15.5. The molecule has 2 saturated heterocycles. The molecule has 0 radical (unpaired) electrons. The molecule has 1 amide bonds. The number of hydrogen-bond acceptors (Lipinski definition) is 6. The second-order valence-corrected chi connectivity index (χ2v) is 12.3. The first-order valence-electron chi connectivity index (χ1n) is 15.5. The quantitative estimate of drug-likeness (QED) is 0.390. The number of rotatable bonds is 9. The topological polar surface area (TPSA) is 66.2 Å². The van der Waals surface area contributed by atoms with Gasteiger partial charge in [0.05, 0.1) is 22.7 Å². The second kappa shape index (κ2) is 12.5. The summed E-state index contributed by atoms with van der Waals surface area (Å²) in [4.78, 5) is 24.7. The molecule has 2 aliphatic heterocycles. The van der Waals surface area contributed by atoms with Crippen molar-refractivity contribution < 1.29 is 9.53 Å². The normalized spacial score (nSPS) is 23.5. The number of amides is 1. The van der Waals surface area contributed by atoms with Crippen LogP contribution in [0.15, 0.2) is 41.8 Å². The van der Waals surface area contributed by atoms with Gasteiger partial charge in [-0.05, 0) is 71.4 Å². The van der Waals surface area contributed by atoms with E-state index in [2.05, 4.69) is 85.4 Å². The van der Waals surface area contributed by atoms with Crippen molar-refractivity contribution in [3.8, 4) is 11.3 Å². The molecule has 0 aromatic carbocycles. The van der Waals surface area contributed by atoms with E-state index in [1.54, 1.807) is 0 Å². The fraction of sp³-hybridized carbons (Fsp3) is 0.606. The number of hydrogen-bond donors (Lipinski definition) is 0. The molecule has 0 spiro atoms. The Labute approximate surface area is 246 Å². The third-order valence-corrected chi connectivity index (χ3v) is 9.49. The van der Waals surface area contributed by atoms with Crippen molar-refractivity contribution in [3.05, 3.63) is 47.9 Å². The van der Waals surface area contributed by atoms with Crippen molar-refractivity contribution in [3.63, 3.8) is 0 Å². The van der Waals surface area contributed by atoms with Crippen LogP contribution in [0.4, 0.5) is 0 Å². The predicted octanol–water partition coefficient (Wildman–Crippen LogP) is 5.30. The van der Waals surface area contributed by atoms with Gasteiger partial charge in [0.25, 0.3) is 0 Å². The first kappa shape index (κ1) is 29.5. The third kappa shape index (κ3) is 6.00. The number of carbonyl (C=O) groups excluding carboxylic acids is 1. The van der Waals surface area contributed by atoms with Crippen molar-refractivity contribution in [2.45, 2.75) is 71.9 Å². The van der Waals surface area contributed by atoms with E-state index in [1.807, 2.05) is 17.1 Å². The Bertz CT molecular complexity index is 1230. The van der Waals surface area contributed by atoms with Crippen LogP contribution in [0, 0.1) is 11.8 Å². The summed E-state index contributed by atoms with van der Waals surface area (Å²) in [5.74, 6) is 1.26. The molecule has 5 rings (SSSR count). The van der Waals surface area contributed by atoms with E-state index in [0.717, 1.165) is 93.2 Å². The number of allylic oxidation sites excluding steroid dienone is 1. The first-order chi connectivity index (χ1) is 19.8. The van der Waals surface area contributed by atoms with E-state index in [1.165, 1.54) is 0 Å². The van der Waals surface area contributed by atoms with Crippen LogP contribution >= 0.6 is 0 Å². The van der Waals surface area contributed by atoms with Crippen molar-refractivity contribution >= 4 is 18.3 Å². The minimum atomic E-state index is -0.274. The van der Waals surface area contributed by atoms with Gasteiger partial charge in [-0.2, -0.15) is 5.10 Å². The highest BCUT2D eigenvalue weighted by atomic mass is 16.5. The molecule has 3 fully saturated rings. The maximum atomic E-state index is 12.9. The molecule has 0 bridgehead atoms. The highest BCUT2D eigenvalue weighted by molar-refractivity contribution is 5.80. The second-order valence-electron chi connectivity index (χ2n) is 12.3. The van der Waals surface area contributed by atoms with Gasteiger partial charge in [-0.3, -0.25) is 9.78 Å². The Balaban J connectivity index is 1.30. The summed E-state index contributed by atoms with van der Waals surface area (Å²) in [5, 5.41) is 4.30. The highest BCUT2D eigenvalue weighted by Gasteiger charge is 2.38. The zero-order chi connectivity index (χ0) is 29.1. The summed E-state index contributed by atoms with van der Waals surface area (Å²) < 4.78 is 8.25. The van der Waals surface area contributed by atoms with E-state index in [4.69, 9.17) is 9.72 Å². The van der Waals surface area contributed by atoms with Crippen molar-refractivity contribution in [2.75, 3.05) is 45.9 Å². The van der Waals surface area contributed by atoms with Crippen LogP contribution in [0.2, 0.25) is 0 Å². The average molecular weight is 561 g/mol. The largest absolute Gasteiger partial charge is 0.370 e. The molecule has 1 saturated carbocycles. The van der Waals surface area contributed by atoms with Gasteiger partial charge in [-0.25, -0.2) is 4.68 Å². The molecule has 2 aromatic heterocycles. The summed E-state index contributed by atoms with van der Waals surface area (Å²) in [6.45, 7) is 20.6. The molecule has 0 atom stereocenters. The molecule has 4 heterocycles. The van der Waals surface area contributed by atoms with Crippen molar-refractivity contribution in [2.24, 2.45) is 16.9 Å². The molecule has 3 aliphatic rings. The zero-order valence-corrected chi connectivity index (χ0v) is 25.7. The Morgan fingerprint density at radius 1 is 1.15 bits per heavy atom. The number of piperidine rings is 1. The SMILES string of the molecule is C=Nn1cc(-c2ccc(C3(OCC)CCN(C(C)C)CC3)cn2)cc1/C(=C\C)N1CCN(C(=O)C2CC(C)C2)CC1. The highest BCUT2D eigenvalue weighted by Crippen LogP contribution is 2.38. The smallest absolute Gasteiger partial charge is 0.225 e. The Morgan fingerprint density at radius 2 is 1.83 bits per heavy atom. The Morgan fingerprint density at radius 3 is 2.37 bits per heavy atom. The van der Waals surface area contributed by atoms with Crippen molar-refractivity contribution in [1.29, 1.82) is 0 Å². The molecule has 2 aromatic rings. The van der Waals surface area contributed by atoms with E-state index in [0.29, 0.717) is 24.5 Å². The van der Waals surface area contributed by atoms with Gasteiger partial charge in [0.2, 0.25) is 5.91 Å². The summed E-state index contributed by atoms with van der Waals surface area (Å²) >= 11 is 0. The Hall–Kier alpha value is -2.97. The molecule has 222 valence electrons. The number of nitrogens with zero attached hydrogens (tertiary/aromatic N) is 6. The lowest BCUT2D eigenvalue weighted by Gasteiger charge is -2.43. The minimum absolute atomic E-state index is 0.234. The molecule has 0 unspecified atom stereocenters. The number of carbonyl (C=O) groups is 1. The van der Waals surface area contributed by atoms with Gasteiger partial charge in [0.15, 0.2) is 0 Å². The van der Waals surface area contributed by atoms with E-state index >= 15 is 0 Å². The van der Waals surface area contributed by atoms with E-state index in [-0.39, 0.29) is 11.5 Å². The molecule has 1 aliphatic carbocycles. The fourth-order valence-electron chi connectivity index (χ4n) is 6.95. The van der Waals surface area contributed by atoms with Crippen LogP contribution in [0.5, 0.6) is 0 Å². The maximum Gasteiger partial charge on any atom is 0.225 e. The lowest BCUT2D eigenvalue weighted by molar-refractivity contribution is -0.141. The number of piperazine rings is 1. The monoisotopic (exact) mass is 560 g/mol. The third-order valence-electron chi connectivity index (χ3n) is 9.49. The predicted molar refractivity (Wildman–Crippen MR) is 166 cm³/mol. The number of pyridine rings is 1. The van der Waals surface area contributed by atoms with E-state index < -0.39 is 0 Å². The van der Waals surface area contributed by atoms with Crippen LogP contribution in [0.1, 0.15) is 71.6 Å². The minimum Gasteiger partial charge on any atom is -0.370 e. The molecule has 8 nitrogen and oxygen atoms in total. The summed E-state index contributed by atoms with van der Waals surface area (Å²) in [7, 11) is 0. The standard InChI is InChI=1S/C33H48N6O2/c1-7-30(37-15-17-38(18-16-37)32(40)26-19-25(5)20-26)31-21-27(23-39(31)34-6)29-10-9-28(22-35-29)33(41-8-2)11-13-36(14-12-33)24(3)4/h7,9-10,21-26H,6,8,11-20H2,1-5H3/b30-7+. The molecule has 8 heteroatoms. The van der Waals surface area contributed by atoms with Crippen LogP contribution in [-0.4, -0.2) is 88.9 Å². The summed E-state index contributed by atoms with van der Waals surface area (Å²) in [6, 6.07) is 7.00. The van der Waals surface area contributed by atoms with Crippen LogP contribution < -0.4 is 0 Å². The molecule has 41 heavy (non-hydrogen) atoms. The fourth-order valence-corrected chi connectivity index (χ4v) is 6.95.